The fraction of sp³-hybridized carbons (Fsp3) is 0.714. The maximum atomic E-state index is 11.4. The van der Waals surface area contributed by atoms with E-state index in [0.29, 0.717) is 45.5 Å². The van der Waals surface area contributed by atoms with E-state index >= 15 is 0 Å². The van der Waals surface area contributed by atoms with E-state index in [1.54, 1.807) is 17.9 Å². The predicted octanol–water partition coefficient (Wildman–Crippen LogP) is 4.18. The molecule has 0 heterocycles. The van der Waals surface area contributed by atoms with Crippen LogP contribution in [0, 0.1) is 0 Å². The molecule has 0 unspecified atom stereocenters. The molecule has 0 spiro atoms. The van der Waals surface area contributed by atoms with Gasteiger partial charge in [-0.2, -0.15) is 8.42 Å². The Hall–Kier alpha value is -0.200. The van der Waals surface area contributed by atoms with Gasteiger partial charge in [0.05, 0.1) is 45.9 Å². The van der Waals surface area contributed by atoms with Crippen LogP contribution in [-0.4, -0.2) is 78.9 Å². The second-order valence-corrected chi connectivity index (χ2v) is 12.8. The summed E-state index contributed by atoms with van der Waals surface area (Å²) in [4.78, 5) is 2.25. The van der Waals surface area contributed by atoms with Gasteiger partial charge in [-0.05, 0) is 43.4 Å². The average molecular weight is 530 g/mol. The van der Waals surface area contributed by atoms with E-state index in [0.717, 1.165) is 29.6 Å². The zero-order chi connectivity index (χ0) is 24.0. The van der Waals surface area contributed by atoms with Gasteiger partial charge in [0.15, 0.2) is 0 Å². The van der Waals surface area contributed by atoms with Gasteiger partial charge in [0, 0.05) is 36.5 Å². The van der Waals surface area contributed by atoms with Gasteiger partial charge >= 0.3 is 0 Å². The van der Waals surface area contributed by atoms with Gasteiger partial charge < -0.3 is 19.1 Å². The minimum atomic E-state index is -3.53. The lowest BCUT2D eigenvalue weighted by atomic mass is 10.1. The lowest BCUT2D eigenvalue weighted by Crippen LogP contribution is -2.38. The van der Waals surface area contributed by atoms with Crippen molar-refractivity contribution in [3.63, 3.8) is 0 Å². The van der Waals surface area contributed by atoms with Crippen molar-refractivity contribution in [2.45, 2.75) is 31.1 Å². The fourth-order valence-electron chi connectivity index (χ4n) is 2.91. The molecule has 0 amide bonds. The Balaban J connectivity index is 2.90. The number of benzene rings is 1. The largest absolute Gasteiger partial charge is 0.382 e. The number of alkyl halides is 1. The average Bonchev–Trinajstić information content (AvgIpc) is 2.72. The van der Waals surface area contributed by atoms with Crippen molar-refractivity contribution < 1.29 is 26.8 Å². The summed E-state index contributed by atoms with van der Waals surface area (Å²) < 4.78 is 44.0. The van der Waals surface area contributed by atoms with Crippen LogP contribution in [0.3, 0.4) is 0 Å². The topological polar surface area (TPSA) is 74.3 Å². The first-order valence-electron chi connectivity index (χ1n) is 10.2. The van der Waals surface area contributed by atoms with Crippen molar-refractivity contribution in [2.24, 2.45) is 0 Å². The molecule has 0 fully saturated rings. The molecule has 0 bridgehead atoms. The summed E-state index contributed by atoms with van der Waals surface area (Å²) in [6, 6.07) is 5.86. The smallest absolute Gasteiger partial charge is 0.264 e. The first-order chi connectivity index (χ1) is 15.1. The molecule has 32 heavy (non-hydrogen) atoms. The third kappa shape index (κ3) is 13.5. The monoisotopic (exact) mass is 529 g/mol. The number of nitrogens with zero attached hydrogens (tertiary/aromatic N) is 1. The standard InChI is InChI=1S/C21H36ClNO6S3/c1-21(2,31-30-4)17-23(6-7-27-10-11-28-9-8-26-3)20-13-18(15-22)12-19(14-20)16-29-32(5,24)25/h12-14H,6-11,15-17H2,1-5H3. The number of methoxy groups -OCH3 is 1. The van der Waals surface area contributed by atoms with E-state index in [9.17, 15) is 8.42 Å². The summed E-state index contributed by atoms with van der Waals surface area (Å²) in [5.41, 5.74) is 2.63. The van der Waals surface area contributed by atoms with Gasteiger partial charge in [-0.3, -0.25) is 4.18 Å². The Morgan fingerprint density at radius 3 is 2.25 bits per heavy atom. The quantitative estimate of drug-likeness (QED) is 0.120. The lowest BCUT2D eigenvalue weighted by Gasteiger charge is -2.33. The van der Waals surface area contributed by atoms with E-state index in [2.05, 4.69) is 25.0 Å². The molecule has 0 aliphatic rings. The number of anilines is 1. The van der Waals surface area contributed by atoms with Crippen LogP contribution in [-0.2, 0) is 41.0 Å². The Labute approximate surface area is 206 Å². The fourth-order valence-corrected chi connectivity index (χ4v) is 5.59. The zero-order valence-corrected chi connectivity index (χ0v) is 22.8. The molecule has 0 atom stereocenters. The molecular formula is C21H36ClNO6S3. The molecule has 0 saturated heterocycles. The highest BCUT2D eigenvalue weighted by Crippen LogP contribution is 2.35. The van der Waals surface area contributed by atoms with Crippen LogP contribution in [0.5, 0.6) is 0 Å². The molecule has 11 heteroatoms. The molecule has 0 saturated carbocycles. The normalized spacial score (nSPS) is 12.3. The van der Waals surface area contributed by atoms with Crippen molar-refractivity contribution in [3.05, 3.63) is 29.3 Å². The van der Waals surface area contributed by atoms with E-state index in [-0.39, 0.29) is 11.4 Å². The van der Waals surface area contributed by atoms with Crippen LogP contribution in [0.4, 0.5) is 5.69 Å². The highest BCUT2D eigenvalue weighted by atomic mass is 35.5. The summed E-state index contributed by atoms with van der Waals surface area (Å²) in [6.45, 7) is 8.51. The van der Waals surface area contributed by atoms with Crippen LogP contribution in [0.2, 0.25) is 0 Å². The summed E-state index contributed by atoms with van der Waals surface area (Å²) in [6.07, 6.45) is 3.11. The minimum absolute atomic E-state index is 0.0108. The van der Waals surface area contributed by atoms with Crippen molar-refractivity contribution in [3.8, 4) is 0 Å². The van der Waals surface area contributed by atoms with Gasteiger partial charge in [-0.25, -0.2) is 0 Å². The molecule has 1 aromatic carbocycles. The van der Waals surface area contributed by atoms with Crippen molar-refractivity contribution in [2.75, 3.05) is 70.6 Å². The number of halogens is 1. The highest BCUT2D eigenvalue weighted by molar-refractivity contribution is 8.77. The molecular weight excluding hydrogens is 494 g/mol. The number of hydrogen-bond acceptors (Lipinski definition) is 9. The SMILES string of the molecule is COCCOCCOCCN(CC(C)(C)SSC)c1cc(CCl)cc(COS(C)(=O)=O)c1. The molecule has 0 radical (unpaired) electrons. The maximum Gasteiger partial charge on any atom is 0.264 e. The van der Waals surface area contributed by atoms with E-state index in [1.165, 1.54) is 0 Å². The number of ether oxygens (including phenoxy) is 3. The van der Waals surface area contributed by atoms with Gasteiger partial charge in [0.2, 0.25) is 0 Å². The van der Waals surface area contributed by atoms with Crippen molar-refractivity contribution in [1.29, 1.82) is 0 Å². The van der Waals surface area contributed by atoms with E-state index < -0.39 is 10.1 Å². The zero-order valence-electron chi connectivity index (χ0n) is 19.6. The Kier molecular flexibility index (Phi) is 14.6. The van der Waals surface area contributed by atoms with E-state index in [4.69, 9.17) is 30.0 Å². The summed E-state index contributed by atoms with van der Waals surface area (Å²) in [7, 11) is 1.65. The number of hydrogen-bond donors (Lipinski definition) is 0. The van der Waals surface area contributed by atoms with Gasteiger partial charge in [0.1, 0.15) is 0 Å². The number of rotatable bonds is 18. The third-order valence-corrected chi connectivity index (χ3v) is 7.64. The molecule has 7 nitrogen and oxygen atoms in total. The van der Waals surface area contributed by atoms with Gasteiger partial charge in [-0.15, -0.1) is 11.6 Å². The molecule has 0 aliphatic carbocycles. The molecule has 186 valence electrons. The minimum Gasteiger partial charge on any atom is -0.382 e. The second kappa shape index (κ2) is 15.7. The predicted molar refractivity (Wildman–Crippen MR) is 137 cm³/mol. The van der Waals surface area contributed by atoms with E-state index in [1.807, 2.05) is 29.0 Å². The maximum absolute atomic E-state index is 11.4. The molecule has 1 aromatic rings. The third-order valence-electron chi connectivity index (χ3n) is 4.19. The lowest BCUT2D eigenvalue weighted by molar-refractivity contribution is 0.0264. The van der Waals surface area contributed by atoms with Crippen LogP contribution >= 0.6 is 33.2 Å². The first kappa shape index (κ1) is 29.8. The van der Waals surface area contributed by atoms with Crippen LogP contribution < -0.4 is 4.90 Å². The van der Waals surface area contributed by atoms with Gasteiger partial charge in [-0.1, -0.05) is 27.7 Å². The first-order valence-corrected chi connectivity index (χ1v) is 15.2. The molecule has 0 aliphatic heterocycles. The van der Waals surface area contributed by atoms with Gasteiger partial charge in [0.25, 0.3) is 10.1 Å². The molecule has 1 rings (SSSR count). The summed E-state index contributed by atoms with van der Waals surface area (Å²) in [5, 5.41) is 0. The second-order valence-electron chi connectivity index (χ2n) is 7.76. The van der Waals surface area contributed by atoms with Crippen LogP contribution in [0.25, 0.3) is 0 Å². The Morgan fingerprint density at radius 2 is 1.66 bits per heavy atom. The summed E-state index contributed by atoms with van der Waals surface area (Å²) >= 11 is 6.11. The van der Waals surface area contributed by atoms with Crippen LogP contribution in [0.1, 0.15) is 25.0 Å². The molecule has 0 aromatic heterocycles. The summed E-state index contributed by atoms with van der Waals surface area (Å²) in [5.74, 6) is 0.325. The van der Waals surface area contributed by atoms with Crippen molar-refractivity contribution >= 4 is 49.0 Å². The Bertz CT molecular complexity index is 764. The van der Waals surface area contributed by atoms with Crippen LogP contribution in [0.15, 0.2) is 18.2 Å². The van der Waals surface area contributed by atoms with Crippen molar-refractivity contribution in [1.82, 2.24) is 0 Å². The molecule has 0 N–H and O–H groups in total. The Morgan fingerprint density at radius 1 is 1.03 bits per heavy atom. The highest BCUT2D eigenvalue weighted by Gasteiger charge is 2.23.